The van der Waals surface area contributed by atoms with E-state index in [0.717, 1.165) is 10.4 Å². The molecular weight excluding hydrogens is 244 g/mol. The predicted molar refractivity (Wildman–Crippen MR) is 73.4 cm³/mol. The van der Waals surface area contributed by atoms with E-state index in [0.29, 0.717) is 6.42 Å². The van der Waals surface area contributed by atoms with Crippen LogP contribution in [0.2, 0.25) is 0 Å². The molecule has 0 spiro atoms. The lowest BCUT2D eigenvalue weighted by Crippen LogP contribution is -2.27. The van der Waals surface area contributed by atoms with Crippen molar-refractivity contribution in [1.82, 2.24) is 4.98 Å². The number of hydrogen-bond acceptors (Lipinski definition) is 4. The number of nitrogens with zero attached hydrogens (tertiary/aromatic N) is 1. The summed E-state index contributed by atoms with van der Waals surface area (Å²) in [5.41, 5.74) is 8.88. The number of carbonyl (C=O) groups is 1. The Bertz CT molecular complexity index is 496. The number of hydrogen-bond donors (Lipinski definition) is 1. The van der Waals surface area contributed by atoms with Gasteiger partial charge in [-0.25, -0.2) is 0 Å². The molecule has 2 N–H and O–H groups in total. The van der Waals surface area contributed by atoms with Gasteiger partial charge in [-0.2, -0.15) is 0 Å². The fraction of sp³-hybridized carbons (Fsp3) is 0.286. The van der Waals surface area contributed by atoms with Crippen LogP contribution in [0.3, 0.4) is 0 Å². The highest BCUT2D eigenvalue weighted by atomic mass is 32.1. The smallest absolute Gasteiger partial charge is 0.142 e. The van der Waals surface area contributed by atoms with E-state index in [-0.39, 0.29) is 17.7 Å². The molecule has 0 amide bonds. The molecule has 1 aromatic carbocycles. The first-order valence-corrected chi connectivity index (χ1v) is 6.77. The van der Waals surface area contributed by atoms with E-state index in [1.807, 2.05) is 37.3 Å². The first-order chi connectivity index (χ1) is 8.68. The van der Waals surface area contributed by atoms with Gasteiger partial charge in [-0.3, -0.25) is 9.78 Å². The van der Waals surface area contributed by atoms with Gasteiger partial charge in [0.05, 0.1) is 5.51 Å². The highest BCUT2D eigenvalue weighted by Crippen LogP contribution is 2.21. The first-order valence-electron chi connectivity index (χ1n) is 5.89. The van der Waals surface area contributed by atoms with Crippen LogP contribution >= 0.6 is 11.3 Å². The summed E-state index contributed by atoms with van der Waals surface area (Å²) in [6.45, 7) is 1.89. The highest BCUT2D eigenvalue weighted by molar-refractivity contribution is 7.09. The third-order valence-electron chi connectivity index (χ3n) is 3.06. The molecule has 0 fully saturated rings. The van der Waals surface area contributed by atoms with Gasteiger partial charge >= 0.3 is 0 Å². The Morgan fingerprint density at radius 3 is 2.72 bits per heavy atom. The molecule has 1 aromatic heterocycles. The SMILES string of the molecule is CC(C(=O)Cc1cncs1)C(N)c1ccccc1. The molecule has 0 radical (unpaired) electrons. The zero-order chi connectivity index (χ0) is 13.0. The molecule has 0 saturated carbocycles. The van der Waals surface area contributed by atoms with Crippen molar-refractivity contribution in [1.29, 1.82) is 0 Å². The number of Topliss-reactive ketones (excluding diaryl/α,β-unsaturated/α-hetero) is 1. The van der Waals surface area contributed by atoms with E-state index in [4.69, 9.17) is 5.73 Å². The van der Waals surface area contributed by atoms with Crippen LogP contribution in [-0.2, 0) is 11.2 Å². The molecule has 2 atom stereocenters. The summed E-state index contributed by atoms with van der Waals surface area (Å²) in [7, 11) is 0. The van der Waals surface area contributed by atoms with E-state index < -0.39 is 0 Å². The van der Waals surface area contributed by atoms with Crippen LogP contribution < -0.4 is 5.73 Å². The Balaban J connectivity index is 2.02. The summed E-state index contributed by atoms with van der Waals surface area (Å²) in [5, 5.41) is 0. The van der Waals surface area contributed by atoms with Crippen LogP contribution in [0, 0.1) is 5.92 Å². The number of nitrogens with two attached hydrogens (primary N) is 1. The Morgan fingerprint density at radius 2 is 2.11 bits per heavy atom. The van der Waals surface area contributed by atoms with Crippen molar-refractivity contribution in [2.45, 2.75) is 19.4 Å². The van der Waals surface area contributed by atoms with Gasteiger partial charge in [0.15, 0.2) is 0 Å². The van der Waals surface area contributed by atoms with Gasteiger partial charge in [-0.15, -0.1) is 11.3 Å². The Morgan fingerprint density at radius 1 is 1.39 bits per heavy atom. The minimum Gasteiger partial charge on any atom is -0.323 e. The van der Waals surface area contributed by atoms with E-state index in [9.17, 15) is 4.79 Å². The second kappa shape index (κ2) is 5.89. The van der Waals surface area contributed by atoms with Crippen LogP contribution in [0.5, 0.6) is 0 Å². The summed E-state index contributed by atoms with van der Waals surface area (Å²) >= 11 is 1.50. The summed E-state index contributed by atoms with van der Waals surface area (Å²) in [6.07, 6.45) is 2.16. The van der Waals surface area contributed by atoms with Crippen molar-refractivity contribution < 1.29 is 4.79 Å². The molecular formula is C14H16N2OS. The maximum absolute atomic E-state index is 12.1. The summed E-state index contributed by atoms with van der Waals surface area (Å²) in [4.78, 5) is 17.1. The fourth-order valence-corrected chi connectivity index (χ4v) is 2.43. The van der Waals surface area contributed by atoms with Crippen molar-refractivity contribution in [2.75, 3.05) is 0 Å². The normalized spacial score (nSPS) is 14.1. The lowest BCUT2D eigenvalue weighted by Gasteiger charge is -2.18. The van der Waals surface area contributed by atoms with Gasteiger partial charge < -0.3 is 5.73 Å². The van der Waals surface area contributed by atoms with Gasteiger partial charge in [0.1, 0.15) is 5.78 Å². The minimum absolute atomic E-state index is 0.163. The first kappa shape index (κ1) is 12.9. The number of rotatable bonds is 5. The van der Waals surface area contributed by atoms with Crippen LogP contribution in [0.4, 0.5) is 0 Å². The van der Waals surface area contributed by atoms with Crippen LogP contribution in [-0.4, -0.2) is 10.8 Å². The number of benzene rings is 1. The summed E-state index contributed by atoms with van der Waals surface area (Å²) in [6, 6.07) is 9.50. The lowest BCUT2D eigenvalue weighted by atomic mass is 9.90. The number of ketones is 1. The Kier molecular flexibility index (Phi) is 4.23. The van der Waals surface area contributed by atoms with E-state index >= 15 is 0 Å². The molecule has 0 saturated heterocycles. The summed E-state index contributed by atoms with van der Waals surface area (Å²) < 4.78 is 0. The quantitative estimate of drug-likeness (QED) is 0.899. The molecule has 1 heterocycles. The molecule has 0 aliphatic heterocycles. The van der Waals surface area contributed by atoms with Crippen molar-refractivity contribution in [3.63, 3.8) is 0 Å². The van der Waals surface area contributed by atoms with E-state index in [1.165, 1.54) is 11.3 Å². The second-order valence-corrected chi connectivity index (χ2v) is 5.31. The molecule has 0 bridgehead atoms. The average molecular weight is 260 g/mol. The third kappa shape index (κ3) is 3.03. The zero-order valence-electron chi connectivity index (χ0n) is 10.2. The molecule has 2 aromatic rings. The standard InChI is InChI=1S/C14H16N2OS/c1-10(13(17)7-12-8-16-9-18-12)14(15)11-5-3-2-4-6-11/h2-6,8-10,14H,7,15H2,1H3. The van der Waals surface area contributed by atoms with Gasteiger partial charge in [0.25, 0.3) is 0 Å². The lowest BCUT2D eigenvalue weighted by molar-refractivity contribution is -0.122. The molecule has 0 aliphatic rings. The number of carbonyl (C=O) groups excluding carboxylic acids is 1. The number of aromatic nitrogens is 1. The number of thiazole rings is 1. The van der Waals surface area contributed by atoms with E-state index in [2.05, 4.69) is 4.98 Å². The second-order valence-electron chi connectivity index (χ2n) is 4.34. The Labute approximate surface area is 111 Å². The molecule has 0 aliphatic carbocycles. The predicted octanol–water partition coefficient (Wildman–Crippen LogP) is 2.59. The van der Waals surface area contributed by atoms with Gasteiger partial charge in [0, 0.05) is 29.5 Å². The molecule has 18 heavy (non-hydrogen) atoms. The van der Waals surface area contributed by atoms with Crippen LogP contribution in [0.15, 0.2) is 42.0 Å². The van der Waals surface area contributed by atoms with Crippen LogP contribution in [0.25, 0.3) is 0 Å². The van der Waals surface area contributed by atoms with Crippen LogP contribution in [0.1, 0.15) is 23.4 Å². The minimum atomic E-state index is -0.244. The zero-order valence-corrected chi connectivity index (χ0v) is 11.1. The highest BCUT2D eigenvalue weighted by Gasteiger charge is 2.22. The van der Waals surface area contributed by atoms with E-state index in [1.54, 1.807) is 11.7 Å². The maximum atomic E-state index is 12.1. The molecule has 3 nitrogen and oxygen atoms in total. The van der Waals surface area contributed by atoms with Crippen molar-refractivity contribution in [2.24, 2.45) is 11.7 Å². The largest absolute Gasteiger partial charge is 0.323 e. The van der Waals surface area contributed by atoms with Gasteiger partial charge in [0.2, 0.25) is 0 Å². The summed E-state index contributed by atoms with van der Waals surface area (Å²) in [5.74, 6) is -0.0231. The topological polar surface area (TPSA) is 56.0 Å². The molecule has 94 valence electrons. The average Bonchev–Trinajstić information content (AvgIpc) is 2.91. The van der Waals surface area contributed by atoms with Crippen molar-refractivity contribution in [3.05, 3.63) is 52.5 Å². The van der Waals surface area contributed by atoms with Crippen molar-refractivity contribution in [3.8, 4) is 0 Å². The molecule has 2 unspecified atom stereocenters. The van der Waals surface area contributed by atoms with Gasteiger partial charge in [-0.1, -0.05) is 37.3 Å². The Hall–Kier alpha value is -1.52. The molecule has 4 heteroatoms. The van der Waals surface area contributed by atoms with Crippen molar-refractivity contribution >= 4 is 17.1 Å². The third-order valence-corrected chi connectivity index (χ3v) is 3.84. The fourth-order valence-electron chi connectivity index (χ4n) is 1.83. The molecule has 2 rings (SSSR count). The monoisotopic (exact) mass is 260 g/mol. The maximum Gasteiger partial charge on any atom is 0.142 e. The van der Waals surface area contributed by atoms with Gasteiger partial charge in [-0.05, 0) is 5.56 Å².